The van der Waals surface area contributed by atoms with E-state index in [1.807, 2.05) is 27.7 Å². The molecule has 0 amide bonds. The first kappa shape index (κ1) is 12.7. The van der Waals surface area contributed by atoms with Crippen molar-refractivity contribution in [3.8, 4) is 11.1 Å². The van der Waals surface area contributed by atoms with Gasteiger partial charge < -0.3 is 5.73 Å². The van der Waals surface area contributed by atoms with E-state index in [1.54, 1.807) is 0 Å². The highest BCUT2D eigenvalue weighted by atomic mass is 14.6. The van der Waals surface area contributed by atoms with Crippen LogP contribution in [0.5, 0.6) is 0 Å². The van der Waals surface area contributed by atoms with E-state index in [9.17, 15) is 0 Å². The molecule has 4 N–H and O–H groups in total. The van der Waals surface area contributed by atoms with Crippen LogP contribution in [0.15, 0.2) is 24.3 Å². The van der Waals surface area contributed by atoms with Crippen molar-refractivity contribution in [2.75, 3.05) is 5.73 Å². The van der Waals surface area contributed by atoms with Crippen molar-refractivity contribution in [1.82, 2.24) is 0 Å². The third kappa shape index (κ3) is 2.12. The largest absolute Gasteiger partial charge is 0.398 e. The number of nitrogens with two attached hydrogens (primary N) is 2. The second kappa shape index (κ2) is 4.46. The first-order valence-electron chi connectivity index (χ1n) is 6.14. The maximum Gasteiger partial charge on any atom is 0.183 e. The number of hydrogen-bond acceptors (Lipinski definition) is 2. The summed E-state index contributed by atoms with van der Waals surface area (Å²) in [6, 6.07) is 8.53. The first-order chi connectivity index (χ1) is 8.40. The summed E-state index contributed by atoms with van der Waals surface area (Å²) in [6.07, 6.45) is 0. The van der Waals surface area contributed by atoms with Gasteiger partial charge >= 0.3 is 0 Å². The Morgan fingerprint density at radius 3 is 1.44 bits per heavy atom. The summed E-state index contributed by atoms with van der Waals surface area (Å²) in [6.45, 7) is 8.18. The van der Waals surface area contributed by atoms with Gasteiger partial charge in [0.2, 0.25) is 0 Å². The number of hydrogen-bond donors (Lipinski definition) is 2. The summed E-state index contributed by atoms with van der Waals surface area (Å²) in [4.78, 5) is 0. The molecule has 93 valence electrons. The van der Waals surface area contributed by atoms with Gasteiger partial charge in [0.05, 0.1) is 0 Å². The Bertz CT molecular complexity index is 511. The molecule has 2 heteroatoms. The minimum absolute atomic E-state index is 0.877. The average molecular weight is 240 g/mol. The Balaban J connectivity index is 2.63. The van der Waals surface area contributed by atoms with E-state index in [0.717, 1.165) is 33.6 Å². The van der Waals surface area contributed by atoms with Crippen LogP contribution in [-0.2, 0) is 0 Å². The maximum atomic E-state index is 5.99. The summed E-state index contributed by atoms with van der Waals surface area (Å²) in [7, 11) is 0. The maximum absolute atomic E-state index is 5.99. The van der Waals surface area contributed by atoms with E-state index in [2.05, 4.69) is 24.3 Å². The molecular weight excluding hydrogens is 220 g/mol. The molecule has 18 heavy (non-hydrogen) atoms. The fourth-order valence-electron chi connectivity index (χ4n) is 2.28. The van der Waals surface area contributed by atoms with Gasteiger partial charge in [-0.25, -0.2) is 0 Å². The molecule has 2 aromatic rings. The SMILES string of the molecule is Cc1cc(-c2cc(C)c([NH2+])c(C)c2)cc(C)c1N. The Morgan fingerprint density at radius 1 is 0.722 bits per heavy atom. The standard InChI is InChI=1S/C16H20N2/c1-9-5-13(6-10(2)15(9)17)14-7-11(3)16(18)12(4)8-14/h5-8H,17-18H2,1-4H3/q+1. The highest BCUT2D eigenvalue weighted by Crippen LogP contribution is 2.29. The summed E-state index contributed by atoms with van der Waals surface area (Å²) in [5.74, 6) is 0. The molecule has 0 aliphatic rings. The van der Waals surface area contributed by atoms with Crippen LogP contribution in [0.2, 0.25) is 0 Å². The number of nitrogen functional groups attached to an aromatic ring is 2. The number of rotatable bonds is 1. The van der Waals surface area contributed by atoms with Gasteiger partial charge in [-0.15, -0.1) is 0 Å². The lowest BCUT2D eigenvalue weighted by Gasteiger charge is -2.10. The molecule has 0 fully saturated rings. The Morgan fingerprint density at radius 2 is 1.06 bits per heavy atom. The molecule has 0 atom stereocenters. The quantitative estimate of drug-likeness (QED) is 0.740. The molecule has 2 nitrogen and oxygen atoms in total. The van der Waals surface area contributed by atoms with Gasteiger partial charge in [0.25, 0.3) is 0 Å². The van der Waals surface area contributed by atoms with Crippen LogP contribution < -0.4 is 11.5 Å². The second-order valence-corrected chi connectivity index (χ2v) is 5.05. The normalized spacial score (nSPS) is 10.7. The van der Waals surface area contributed by atoms with Crippen molar-refractivity contribution < 1.29 is 5.73 Å². The molecule has 0 bridgehead atoms. The van der Waals surface area contributed by atoms with Crippen LogP contribution in [0, 0.1) is 27.7 Å². The molecule has 0 unspecified atom stereocenters. The van der Waals surface area contributed by atoms with Crippen LogP contribution >= 0.6 is 0 Å². The molecule has 0 spiro atoms. The molecule has 2 rings (SSSR count). The molecule has 1 radical (unpaired) electrons. The molecule has 2 aromatic carbocycles. The summed E-state index contributed by atoms with van der Waals surface area (Å²) >= 11 is 0. The zero-order valence-electron chi connectivity index (χ0n) is 11.5. The van der Waals surface area contributed by atoms with Gasteiger partial charge in [0.15, 0.2) is 5.69 Å². The highest BCUT2D eigenvalue weighted by Gasteiger charge is 2.09. The van der Waals surface area contributed by atoms with Gasteiger partial charge in [-0.3, -0.25) is 0 Å². The predicted molar refractivity (Wildman–Crippen MR) is 76.8 cm³/mol. The average Bonchev–Trinajstić information content (AvgIpc) is 2.31. The predicted octanol–water partition coefficient (Wildman–Crippen LogP) is 2.83. The molecular formula is C16H20N2+. The summed E-state index contributed by atoms with van der Waals surface area (Å²) in [5.41, 5.74) is 20.6. The summed E-state index contributed by atoms with van der Waals surface area (Å²) in [5, 5.41) is 0. The van der Waals surface area contributed by atoms with E-state index >= 15 is 0 Å². The van der Waals surface area contributed by atoms with Crippen molar-refractivity contribution in [3.05, 3.63) is 46.5 Å². The van der Waals surface area contributed by atoms with Crippen LogP contribution in [0.25, 0.3) is 11.1 Å². The van der Waals surface area contributed by atoms with Crippen molar-refractivity contribution in [2.24, 2.45) is 0 Å². The van der Waals surface area contributed by atoms with Crippen molar-refractivity contribution >= 4 is 11.4 Å². The molecule has 0 saturated carbocycles. The van der Waals surface area contributed by atoms with Gasteiger partial charge in [-0.2, -0.15) is 5.73 Å². The second-order valence-electron chi connectivity index (χ2n) is 5.05. The summed E-state index contributed by atoms with van der Waals surface area (Å²) < 4.78 is 0. The van der Waals surface area contributed by atoms with Crippen molar-refractivity contribution in [3.63, 3.8) is 0 Å². The smallest absolute Gasteiger partial charge is 0.183 e. The lowest BCUT2D eigenvalue weighted by molar-refractivity contribution is -0.256. The Kier molecular flexibility index (Phi) is 3.14. The molecule has 0 aliphatic carbocycles. The van der Waals surface area contributed by atoms with Crippen LogP contribution in [-0.4, -0.2) is 0 Å². The Labute approximate surface area is 109 Å². The topological polar surface area (TPSA) is 51.3 Å². The zero-order valence-corrected chi connectivity index (χ0v) is 11.5. The molecule has 0 heterocycles. The third-order valence-corrected chi connectivity index (χ3v) is 3.52. The number of benzene rings is 2. The van der Waals surface area contributed by atoms with E-state index in [-0.39, 0.29) is 0 Å². The van der Waals surface area contributed by atoms with E-state index in [4.69, 9.17) is 11.5 Å². The van der Waals surface area contributed by atoms with E-state index < -0.39 is 0 Å². The monoisotopic (exact) mass is 240 g/mol. The molecule has 0 aromatic heterocycles. The van der Waals surface area contributed by atoms with Gasteiger partial charge in [-0.05, 0) is 74.2 Å². The third-order valence-electron chi connectivity index (χ3n) is 3.52. The molecule has 0 saturated heterocycles. The number of anilines is 2. The minimum atomic E-state index is 0.877. The van der Waals surface area contributed by atoms with Gasteiger partial charge in [-0.1, -0.05) is 0 Å². The minimum Gasteiger partial charge on any atom is -0.398 e. The highest BCUT2D eigenvalue weighted by molar-refractivity contribution is 5.72. The van der Waals surface area contributed by atoms with Crippen LogP contribution in [0.1, 0.15) is 22.3 Å². The Hall–Kier alpha value is -1.80. The fraction of sp³-hybridized carbons (Fsp3) is 0.250. The lowest BCUT2D eigenvalue weighted by Crippen LogP contribution is -2.42. The lowest BCUT2D eigenvalue weighted by atomic mass is 9.95. The van der Waals surface area contributed by atoms with Gasteiger partial charge in [0.1, 0.15) is 0 Å². The number of aryl methyl sites for hydroxylation is 4. The van der Waals surface area contributed by atoms with E-state index in [0.29, 0.717) is 0 Å². The molecule has 0 aliphatic heterocycles. The van der Waals surface area contributed by atoms with Crippen molar-refractivity contribution in [2.45, 2.75) is 27.7 Å². The van der Waals surface area contributed by atoms with Gasteiger partial charge in [0, 0.05) is 16.8 Å². The van der Waals surface area contributed by atoms with Crippen molar-refractivity contribution in [1.29, 1.82) is 0 Å². The fourth-order valence-corrected chi connectivity index (χ4v) is 2.28. The van der Waals surface area contributed by atoms with E-state index in [1.165, 1.54) is 11.1 Å². The van der Waals surface area contributed by atoms with Crippen LogP contribution in [0.4, 0.5) is 11.4 Å². The zero-order chi connectivity index (χ0) is 13.4. The first-order valence-corrected chi connectivity index (χ1v) is 6.14. The van der Waals surface area contributed by atoms with Crippen LogP contribution in [0.3, 0.4) is 0 Å².